The summed E-state index contributed by atoms with van der Waals surface area (Å²) in [4.78, 5) is 39.6. The molecule has 0 radical (unpaired) electrons. The molecule has 2 bridgehead atoms. The van der Waals surface area contributed by atoms with Crippen LogP contribution >= 0.6 is 0 Å². The van der Waals surface area contributed by atoms with Gasteiger partial charge in [-0.25, -0.2) is 0 Å². The Hall–Kier alpha value is -1.65. The Kier molecular flexibility index (Phi) is 4.92. The minimum absolute atomic E-state index is 0.0673. The Labute approximate surface area is 222 Å². The largest absolute Gasteiger partial charge is 0.462 e. The van der Waals surface area contributed by atoms with Crippen LogP contribution in [-0.2, 0) is 23.9 Å². The normalized spacial score (nSPS) is 53.6. The number of carbonyl (C=O) groups excluding carboxylic acids is 3. The molecular weight excluding hydrogens is 464 g/mol. The first kappa shape index (κ1) is 25.6. The van der Waals surface area contributed by atoms with Crippen LogP contribution in [0.5, 0.6) is 0 Å². The molecule has 6 aliphatic rings. The standard InChI is InChI=1S/C32H46O5/c1-19(33)36-23-10-11-29(6)21(26(23,2)3)9-12-31(8)24(29)20(34)17-22-30(31,7)16-15-28(5)14-13-27(4)18-32(22,28)37-25(27)35/h17,21,23-24H,9-16,18H2,1-8H3/t21?,23-,24+,27-,28+,29-,30+,31+,32+/m0/s1. The van der Waals surface area contributed by atoms with Crippen LogP contribution in [0.25, 0.3) is 0 Å². The van der Waals surface area contributed by atoms with Crippen LogP contribution in [0.3, 0.4) is 0 Å². The summed E-state index contributed by atoms with van der Waals surface area (Å²) in [5.74, 6) is 0.164. The topological polar surface area (TPSA) is 69.7 Å². The molecule has 1 aliphatic heterocycles. The van der Waals surface area contributed by atoms with Gasteiger partial charge in [-0.3, -0.25) is 14.4 Å². The first-order valence-corrected chi connectivity index (χ1v) is 14.7. The van der Waals surface area contributed by atoms with Crippen molar-refractivity contribution in [1.82, 2.24) is 0 Å². The van der Waals surface area contributed by atoms with Crippen LogP contribution in [0, 0.1) is 44.3 Å². The van der Waals surface area contributed by atoms with Gasteiger partial charge in [0.05, 0.1) is 5.41 Å². The fraction of sp³-hybridized carbons (Fsp3) is 0.844. The molecule has 6 rings (SSSR count). The van der Waals surface area contributed by atoms with Gasteiger partial charge in [0, 0.05) is 30.1 Å². The molecule has 0 aromatic rings. The zero-order chi connectivity index (χ0) is 27.0. The van der Waals surface area contributed by atoms with E-state index < -0.39 is 11.0 Å². The van der Waals surface area contributed by atoms with Crippen LogP contribution in [0.15, 0.2) is 11.6 Å². The first-order valence-electron chi connectivity index (χ1n) is 14.7. The third-order valence-electron chi connectivity index (χ3n) is 13.7. The fourth-order valence-corrected chi connectivity index (χ4v) is 11.3. The number of ketones is 1. The van der Waals surface area contributed by atoms with Gasteiger partial charge in [0.1, 0.15) is 11.7 Å². The number of hydrogen-bond donors (Lipinski definition) is 0. The maximum atomic E-state index is 14.5. The number of fused-ring (bicyclic) bond motifs is 6. The van der Waals surface area contributed by atoms with Crippen molar-refractivity contribution in [3.63, 3.8) is 0 Å². The lowest BCUT2D eigenvalue weighted by atomic mass is 9.33. The van der Waals surface area contributed by atoms with E-state index in [1.165, 1.54) is 6.92 Å². The second kappa shape index (κ2) is 7.10. The predicted molar refractivity (Wildman–Crippen MR) is 140 cm³/mol. The maximum Gasteiger partial charge on any atom is 0.312 e. The Bertz CT molecular complexity index is 1140. The Balaban J connectivity index is 1.47. The predicted octanol–water partition coefficient (Wildman–Crippen LogP) is 6.58. The van der Waals surface area contributed by atoms with Gasteiger partial charge >= 0.3 is 11.9 Å². The van der Waals surface area contributed by atoms with E-state index >= 15 is 0 Å². The molecule has 0 aromatic heterocycles. The van der Waals surface area contributed by atoms with Gasteiger partial charge in [-0.15, -0.1) is 0 Å². The van der Waals surface area contributed by atoms with E-state index in [0.717, 1.165) is 56.9 Å². The zero-order valence-electron chi connectivity index (χ0n) is 24.2. The zero-order valence-corrected chi connectivity index (χ0v) is 24.2. The average Bonchev–Trinajstić information content (AvgIpc) is 3.02. The second-order valence-electron chi connectivity index (χ2n) is 15.7. The number of carbonyl (C=O) groups is 3. The summed E-state index contributed by atoms with van der Waals surface area (Å²) in [5.41, 5.74) is -0.841. The van der Waals surface area contributed by atoms with E-state index in [0.29, 0.717) is 12.3 Å². The average molecular weight is 511 g/mol. The maximum absolute atomic E-state index is 14.5. The highest BCUT2D eigenvalue weighted by molar-refractivity contribution is 5.96. The van der Waals surface area contributed by atoms with Crippen molar-refractivity contribution in [1.29, 1.82) is 0 Å². The van der Waals surface area contributed by atoms with Gasteiger partial charge in [0.25, 0.3) is 0 Å². The van der Waals surface area contributed by atoms with Crippen LogP contribution in [0.2, 0.25) is 0 Å². The molecule has 1 heterocycles. The summed E-state index contributed by atoms with van der Waals surface area (Å²) in [6, 6.07) is 0. The quantitative estimate of drug-likeness (QED) is 0.373. The molecule has 1 saturated heterocycles. The summed E-state index contributed by atoms with van der Waals surface area (Å²) < 4.78 is 12.3. The van der Waals surface area contributed by atoms with Crippen molar-refractivity contribution < 1.29 is 23.9 Å². The highest BCUT2D eigenvalue weighted by Gasteiger charge is 2.76. The number of ether oxygens (including phenoxy) is 2. The molecule has 204 valence electrons. The highest BCUT2D eigenvalue weighted by atomic mass is 16.6. The van der Waals surface area contributed by atoms with Crippen molar-refractivity contribution in [2.45, 2.75) is 125 Å². The summed E-state index contributed by atoms with van der Waals surface area (Å²) in [5, 5.41) is 0. The monoisotopic (exact) mass is 510 g/mol. The van der Waals surface area contributed by atoms with Crippen LogP contribution < -0.4 is 0 Å². The van der Waals surface area contributed by atoms with E-state index in [1.807, 2.05) is 6.08 Å². The van der Waals surface area contributed by atoms with Gasteiger partial charge in [0.2, 0.25) is 0 Å². The number of esters is 2. The molecule has 1 unspecified atom stereocenters. The van der Waals surface area contributed by atoms with Crippen molar-refractivity contribution >= 4 is 17.7 Å². The summed E-state index contributed by atoms with van der Waals surface area (Å²) in [6.45, 7) is 17.5. The first-order chi connectivity index (χ1) is 17.0. The van der Waals surface area contributed by atoms with Crippen LogP contribution in [0.4, 0.5) is 0 Å². The summed E-state index contributed by atoms with van der Waals surface area (Å²) in [7, 11) is 0. The van der Waals surface area contributed by atoms with Crippen molar-refractivity contribution in [3.05, 3.63) is 11.6 Å². The number of hydrogen-bond acceptors (Lipinski definition) is 5. The third kappa shape index (κ3) is 2.80. The van der Waals surface area contributed by atoms with Crippen molar-refractivity contribution in [3.8, 4) is 0 Å². The molecule has 9 atom stereocenters. The highest BCUT2D eigenvalue weighted by Crippen LogP contribution is 2.77. The van der Waals surface area contributed by atoms with Gasteiger partial charge in [-0.1, -0.05) is 41.5 Å². The van der Waals surface area contributed by atoms with E-state index in [1.54, 1.807) is 0 Å². The smallest absolute Gasteiger partial charge is 0.312 e. The summed E-state index contributed by atoms with van der Waals surface area (Å²) >= 11 is 0. The van der Waals surface area contributed by atoms with E-state index in [2.05, 4.69) is 48.5 Å². The lowest BCUT2D eigenvalue weighted by Crippen LogP contribution is -2.69. The van der Waals surface area contributed by atoms with Crippen LogP contribution in [-0.4, -0.2) is 29.4 Å². The Morgan fingerprint density at radius 1 is 0.919 bits per heavy atom. The molecule has 5 heteroatoms. The minimum Gasteiger partial charge on any atom is -0.462 e. The van der Waals surface area contributed by atoms with Crippen molar-refractivity contribution in [2.24, 2.45) is 44.3 Å². The van der Waals surface area contributed by atoms with Gasteiger partial charge in [-0.2, -0.15) is 0 Å². The van der Waals surface area contributed by atoms with Gasteiger partial charge in [-0.05, 0) is 92.1 Å². The second-order valence-corrected chi connectivity index (χ2v) is 15.7. The third-order valence-corrected chi connectivity index (χ3v) is 13.7. The number of allylic oxidation sites excluding steroid dienone is 1. The molecule has 37 heavy (non-hydrogen) atoms. The Morgan fingerprint density at radius 2 is 1.59 bits per heavy atom. The molecule has 1 spiro atoms. The fourth-order valence-electron chi connectivity index (χ4n) is 11.3. The molecule has 5 aliphatic carbocycles. The van der Waals surface area contributed by atoms with Crippen molar-refractivity contribution in [2.75, 3.05) is 0 Å². The summed E-state index contributed by atoms with van der Waals surface area (Å²) in [6.07, 6.45) is 10.2. The van der Waals surface area contributed by atoms with E-state index in [-0.39, 0.29) is 56.8 Å². The molecule has 4 saturated carbocycles. The SMILES string of the molecule is CC(=O)O[C@H]1CC[C@@]2(C)C(CC[C@]3(C)[C@@H]2C(=O)C=C2[C@@]3(C)CC[C@@]3(C)CC[C@@]4(C)C[C@@]23OC4=O)C1(C)C. The van der Waals surface area contributed by atoms with Crippen LogP contribution in [0.1, 0.15) is 113 Å². The van der Waals surface area contributed by atoms with Gasteiger partial charge in [0.15, 0.2) is 5.78 Å². The number of rotatable bonds is 1. The van der Waals surface area contributed by atoms with E-state index in [9.17, 15) is 14.4 Å². The molecule has 0 N–H and O–H groups in total. The minimum atomic E-state index is -0.655. The molecule has 0 aromatic carbocycles. The lowest BCUT2D eigenvalue weighted by molar-refractivity contribution is -0.217. The molecule has 0 amide bonds. The molecular formula is C32H46O5. The lowest BCUT2D eigenvalue weighted by Gasteiger charge is -2.71. The van der Waals surface area contributed by atoms with Gasteiger partial charge < -0.3 is 9.47 Å². The molecule has 5 nitrogen and oxygen atoms in total. The van der Waals surface area contributed by atoms with E-state index in [4.69, 9.17) is 9.47 Å². The Morgan fingerprint density at radius 3 is 2.27 bits per heavy atom. The molecule has 5 fully saturated rings.